The topological polar surface area (TPSA) is 33.1 Å². The highest BCUT2D eigenvalue weighted by Gasteiger charge is 2.28. The second-order valence-electron chi connectivity index (χ2n) is 3.94. The van der Waals surface area contributed by atoms with Crippen LogP contribution >= 0.6 is 11.6 Å². The van der Waals surface area contributed by atoms with Gasteiger partial charge in [0, 0.05) is 22.3 Å². The minimum atomic E-state index is -1.37. The van der Waals surface area contributed by atoms with Gasteiger partial charge in [0.1, 0.15) is 11.4 Å². The molecule has 2 aromatic rings. The lowest BCUT2D eigenvalue weighted by molar-refractivity contribution is 0.102. The van der Waals surface area contributed by atoms with Crippen LogP contribution in [0.15, 0.2) is 42.7 Å². The predicted molar refractivity (Wildman–Crippen MR) is 64.3 cm³/mol. The van der Waals surface area contributed by atoms with Crippen LogP contribution in [0.4, 0.5) is 4.39 Å². The van der Waals surface area contributed by atoms with Crippen LogP contribution in [0.5, 0.6) is 0 Å². The van der Waals surface area contributed by atoms with E-state index in [0.29, 0.717) is 16.1 Å². The summed E-state index contributed by atoms with van der Waals surface area (Å²) in [4.78, 5) is 3.73. The average molecular weight is 252 g/mol. The van der Waals surface area contributed by atoms with Crippen LogP contribution in [0, 0.1) is 5.82 Å². The average Bonchev–Trinajstić information content (AvgIpc) is 2.29. The zero-order valence-corrected chi connectivity index (χ0v) is 9.95. The van der Waals surface area contributed by atoms with Crippen LogP contribution in [-0.2, 0) is 5.60 Å². The fraction of sp³-hybridized carbons (Fsp3) is 0.154. The molecule has 1 atom stereocenters. The largest absolute Gasteiger partial charge is 0.381 e. The Bertz CT molecular complexity index is 542. The molecule has 1 aromatic heterocycles. The molecule has 17 heavy (non-hydrogen) atoms. The third kappa shape index (κ3) is 2.30. The molecule has 4 heteroatoms. The number of rotatable bonds is 2. The van der Waals surface area contributed by atoms with Crippen molar-refractivity contribution in [3.63, 3.8) is 0 Å². The summed E-state index contributed by atoms with van der Waals surface area (Å²) in [5.74, 6) is -0.491. The molecule has 0 saturated heterocycles. The van der Waals surface area contributed by atoms with E-state index in [4.69, 9.17) is 11.6 Å². The third-order valence-electron chi connectivity index (χ3n) is 2.67. The Labute approximate surface area is 104 Å². The number of benzene rings is 1. The summed E-state index contributed by atoms with van der Waals surface area (Å²) in [5, 5.41) is 10.9. The quantitative estimate of drug-likeness (QED) is 0.890. The second kappa shape index (κ2) is 4.43. The van der Waals surface area contributed by atoms with E-state index in [1.807, 2.05) is 0 Å². The molecule has 0 fully saturated rings. The third-order valence-corrected chi connectivity index (χ3v) is 2.99. The monoisotopic (exact) mass is 251 g/mol. The van der Waals surface area contributed by atoms with Crippen molar-refractivity contribution in [2.45, 2.75) is 12.5 Å². The fourth-order valence-electron chi connectivity index (χ4n) is 1.69. The first-order valence-electron chi connectivity index (χ1n) is 5.10. The van der Waals surface area contributed by atoms with Crippen LogP contribution in [0.1, 0.15) is 18.1 Å². The van der Waals surface area contributed by atoms with Crippen molar-refractivity contribution in [3.8, 4) is 0 Å². The molecular weight excluding hydrogens is 241 g/mol. The molecule has 2 rings (SSSR count). The number of pyridine rings is 1. The lowest BCUT2D eigenvalue weighted by atomic mass is 9.89. The Morgan fingerprint density at radius 2 is 2.00 bits per heavy atom. The second-order valence-corrected chi connectivity index (χ2v) is 4.35. The number of halogens is 2. The fourth-order valence-corrected chi connectivity index (χ4v) is 2.01. The lowest BCUT2D eigenvalue weighted by Crippen LogP contribution is -2.23. The molecule has 0 saturated carbocycles. The highest BCUT2D eigenvalue weighted by Crippen LogP contribution is 2.33. The summed E-state index contributed by atoms with van der Waals surface area (Å²) in [7, 11) is 0. The van der Waals surface area contributed by atoms with E-state index in [2.05, 4.69) is 4.98 Å². The molecule has 0 bridgehead atoms. The maximum atomic E-state index is 13.1. The molecule has 0 aliphatic rings. The van der Waals surface area contributed by atoms with Crippen LogP contribution < -0.4 is 0 Å². The Balaban J connectivity index is 2.53. The van der Waals surface area contributed by atoms with E-state index in [-0.39, 0.29) is 0 Å². The van der Waals surface area contributed by atoms with Crippen LogP contribution in [0.2, 0.25) is 5.02 Å². The summed E-state index contributed by atoms with van der Waals surface area (Å²) < 4.78 is 13.1. The van der Waals surface area contributed by atoms with E-state index < -0.39 is 11.4 Å². The van der Waals surface area contributed by atoms with Crippen molar-refractivity contribution in [3.05, 3.63) is 64.7 Å². The first kappa shape index (κ1) is 12.0. The Hall–Kier alpha value is -1.45. The smallest absolute Gasteiger partial charge is 0.141 e. The standard InChI is InChI=1S/C13H11ClFNO/c1-13(17,9-6-10(15)8-16-7-9)11-4-2-3-5-12(11)14/h2-8,17H,1H3. The van der Waals surface area contributed by atoms with Crippen molar-refractivity contribution >= 4 is 11.6 Å². The number of aliphatic hydroxyl groups is 1. The van der Waals surface area contributed by atoms with Crippen molar-refractivity contribution in [2.24, 2.45) is 0 Å². The summed E-state index contributed by atoms with van der Waals surface area (Å²) in [5.41, 5.74) is -0.479. The van der Waals surface area contributed by atoms with Crippen molar-refractivity contribution in [2.75, 3.05) is 0 Å². The van der Waals surface area contributed by atoms with E-state index in [9.17, 15) is 9.50 Å². The number of nitrogens with zero attached hydrogens (tertiary/aromatic N) is 1. The maximum absolute atomic E-state index is 13.1. The van der Waals surface area contributed by atoms with Crippen molar-refractivity contribution in [1.29, 1.82) is 0 Å². The molecule has 0 aliphatic heterocycles. The number of hydrogen-bond acceptors (Lipinski definition) is 2. The van der Waals surface area contributed by atoms with E-state index in [1.165, 1.54) is 12.3 Å². The van der Waals surface area contributed by atoms with Gasteiger partial charge in [0.25, 0.3) is 0 Å². The minimum absolute atomic E-state index is 0.366. The van der Waals surface area contributed by atoms with Gasteiger partial charge in [-0.05, 0) is 19.1 Å². The Kier molecular flexibility index (Phi) is 3.13. The molecule has 0 spiro atoms. The van der Waals surface area contributed by atoms with E-state index in [1.54, 1.807) is 31.2 Å². The lowest BCUT2D eigenvalue weighted by Gasteiger charge is -2.25. The molecule has 1 heterocycles. The zero-order chi connectivity index (χ0) is 12.5. The molecule has 88 valence electrons. The van der Waals surface area contributed by atoms with Crippen LogP contribution in [-0.4, -0.2) is 10.1 Å². The Morgan fingerprint density at radius 3 is 2.65 bits per heavy atom. The molecule has 1 unspecified atom stereocenters. The number of hydrogen-bond donors (Lipinski definition) is 1. The van der Waals surface area contributed by atoms with Gasteiger partial charge >= 0.3 is 0 Å². The van der Waals surface area contributed by atoms with E-state index >= 15 is 0 Å². The van der Waals surface area contributed by atoms with Gasteiger partial charge in [-0.3, -0.25) is 4.98 Å². The Morgan fingerprint density at radius 1 is 1.29 bits per heavy atom. The van der Waals surface area contributed by atoms with Crippen molar-refractivity contribution in [1.82, 2.24) is 4.98 Å². The summed E-state index contributed by atoms with van der Waals surface area (Å²) in [6.07, 6.45) is 2.51. The molecule has 0 radical (unpaired) electrons. The SMILES string of the molecule is CC(O)(c1cncc(F)c1)c1ccccc1Cl. The van der Waals surface area contributed by atoms with Gasteiger partial charge in [-0.2, -0.15) is 0 Å². The molecule has 0 aliphatic carbocycles. The summed E-state index contributed by atoms with van der Waals surface area (Å²) >= 11 is 6.02. The first-order valence-corrected chi connectivity index (χ1v) is 5.48. The molecule has 1 N–H and O–H groups in total. The highest BCUT2D eigenvalue weighted by molar-refractivity contribution is 6.31. The molecule has 2 nitrogen and oxygen atoms in total. The van der Waals surface area contributed by atoms with Gasteiger partial charge in [0.05, 0.1) is 6.20 Å². The predicted octanol–water partition coefficient (Wildman–Crippen LogP) is 3.13. The summed E-state index contributed by atoms with van der Waals surface area (Å²) in [6, 6.07) is 8.16. The van der Waals surface area contributed by atoms with Gasteiger partial charge in [-0.1, -0.05) is 29.8 Å². The molecule has 0 amide bonds. The van der Waals surface area contributed by atoms with Crippen molar-refractivity contribution < 1.29 is 9.50 Å². The molecule has 1 aromatic carbocycles. The van der Waals surface area contributed by atoms with Gasteiger partial charge in [-0.15, -0.1) is 0 Å². The van der Waals surface area contributed by atoms with Gasteiger partial charge in [-0.25, -0.2) is 4.39 Å². The first-order chi connectivity index (χ1) is 8.01. The van der Waals surface area contributed by atoms with E-state index in [0.717, 1.165) is 6.20 Å². The normalized spacial score (nSPS) is 14.4. The van der Waals surface area contributed by atoms with Crippen LogP contribution in [0.25, 0.3) is 0 Å². The van der Waals surface area contributed by atoms with Crippen LogP contribution in [0.3, 0.4) is 0 Å². The van der Waals surface area contributed by atoms with Gasteiger partial charge in [0.15, 0.2) is 0 Å². The highest BCUT2D eigenvalue weighted by atomic mass is 35.5. The van der Waals surface area contributed by atoms with Gasteiger partial charge < -0.3 is 5.11 Å². The van der Waals surface area contributed by atoms with Gasteiger partial charge in [0.2, 0.25) is 0 Å². The maximum Gasteiger partial charge on any atom is 0.141 e. The molecular formula is C13H11ClFNO. The minimum Gasteiger partial charge on any atom is -0.381 e. The summed E-state index contributed by atoms with van der Waals surface area (Å²) in [6.45, 7) is 1.56. The zero-order valence-electron chi connectivity index (χ0n) is 9.19. The number of aromatic nitrogens is 1.